The van der Waals surface area contributed by atoms with E-state index in [0.717, 1.165) is 6.08 Å². The Balaban J connectivity index is 2.13. The van der Waals surface area contributed by atoms with Crippen LogP contribution >= 0.6 is 11.3 Å². The SMILES string of the molecule is O=C(O)C=Cc1ccsc1C(=O)N1CCS(=O)CC1. The number of carboxylic acids is 1. The molecule has 1 N–H and O–H groups in total. The fourth-order valence-corrected chi connectivity index (χ4v) is 3.67. The van der Waals surface area contributed by atoms with Crippen molar-refractivity contribution >= 4 is 40.1 Å². The van der Waals surface area contributed by atoms with Gasteiger partial charge in [-0.15, -0.1) is 11.3 Å². The summed E-state index contributed by atoms with van der Waals surface area (Å²) in [7, 11) is -0.821. The Morgan fingerprint density at radius 3 is 2.68 bits per heavy atom. The molecule has 0 saturated carbocycles. The predicted octanol–water partition coefficient (Wildman–Crippen LogP) is 1.05. The van der Waals surface area contributed by atoms with Crippen molar-refractivity contribution in [2.24, 2.45) is 0 Å². The quantitative estimate of drug-likeness (QED) is 0.847. The van der Waals surface area contributed by atoms with E-state index < -0.39 is 16.8 Å². The van der Waals surface area contributed by atoms with Crippen LogP contribution in [0, 0.1) is 0 Å². The fraction of sp³-hybridized carbons (Fsp3) is 0.333. The van der Waals surface area contributed by atoms with Crippen molar-refractivity contribution in [3.8, 4) is 0 Å². The Morgan fingerprint density at radius 2 is 2.05 bits per heavy atom. The first-order valence-corrected chi connectivity index (χ1v) is 8.07. The maximum absolute atomic E-state index is 12.3. The molecule has 1 aromatic rings. The number of rotatable bonds is 3. The summed E-state index contributed by atoms with van der Waals surface area (Å²) in [5, 5.41) is 10.4. The normalized spacial score (nSPS) is 16.9. The molecular formula is C12H13NO4S2. The number of carbonyl (C=O) groups is 2. The summed E-state index contributed by atoms with van der Waals surface area (Å²) in [5.41, 5.74) is 0.615. The van der Waals surface area contributed by atoms with Crippen LogP contribution in [0.2, 0.25) is 0 Å². The Kier molecular flexibility index (Phi) is 4.49. The fourth-order valence-electron chi connectivity index (χ4n) is 1.77. The van der Waals surface area contributed by atoms with E-state index in [1.165, 1.54) is 17.4 Å². The lowest BCUT2D eigenvalue weighted by molar-refractivity contribution is -0.131. The summed E-state index contributed by atoms with van der Waals surface area (Å²) in [6, 6.07) is 1.72. The third kappa shape index (κ3) is 3.51. The molecule has 19 heavy (non-hydrogen) atoms. The van der Waals surface area contributed by atoms with Crippen molar-refractivity contribution in [1.82, 2.24) is 4.90 Å². The maximum atomic E-state index is 12.3. The second-order valence-corrected chi connectivity index (χ2v) is 6.63. The molecule has 1 aromatic heterocycles. The summed E-state index contributed by atoms with van der Waals surface area (Å²) in [4.78, 5) is 25.0. The summed E-state index contributed by atoms with van der Waals surface area (Å²) in [6.45, 7) is 0.983. The van der Waals surface area contributed by atoms with Gasteiger partial charge in [0, 0.05) is 41.5 Å². The minimum Gasteiger partial charge on any atom is -0.478 e. The van der Waals surface area contributed by atoms with Gasteiger partial charge in [-0.05, 0) is 23.1 Å². The van der Waals surface area contributed by atoms with Crippen LogP contribution in [-0.2, 0) is 15.6 Å². The Morgan fingerprint density at radius 1 is 1.37 bits per heavy atom. The second kappa shape index (κ2) is 6.12. The molecule has 0 bridgehead atoms. The van der Waals surface area contributed by atoms with Crippen molar-refractivity contribution in [3.63, 3.8) is 0 Å². The Hall–Kier alpha value is -1.47. The van der Waals surface area contributed by atoms with Crippen molar-refractivity contribution in [1.29, 1.82) is 0 Å². The lowest BCUT2D eigenvalue weighted by atomic mass is 10.2. The van der Waals surface area contributed by atoms with Crippen molar-refractivity contribution in [2.45, 2.75) is 0 Å². The van der Waals surface area contributed by atoms with Gasteiger partial charge in [0.25, 0.3) is 5.91 Å². The van der Waals surface area contributed by atoms with Gasteiger partial charge in [-0.2, -0.15) is 0 Å². The molecule has 0 aliphatic carbocycles. The van der Waals surface area contributed by atoms with Gasteiger partial charge in [0.2, 0.25) is 0 Å². The third-order valence-corrected chi connectivity index (χ3v) is 4.95. The lowest BCUT2D eigenvalue weighted by Gasteiger charge is -2.26. The smallest absolute Gasteiger partial charge is 0.328 e. The van der Waals surface area contributed by atoms with E-state index in [4.69, 9.17) is 5.11 Å². The van der Waals surface area contributed by atoms with Gasteiger partial charge in [0.05, 0.1) is 4.88 Å². The number of hydrogen-bond acceptors (Lipinski definition) is 4. The molecule has 0 radical (unpaired) electrons. The molecule has 0 unspecified atom stereocenters. The maximum Gasteiger partial charge on any atom is 0.328 e. The number of amides is 1. The van der Waals surface area contributed by atoms with E-state index in [1.54, 1.807) is 16.3 Å². The summed E-state index contributed by atoms with van der Waals surface area (Å²) in [5.74, 6) is -0.135. The average Bonchev–Trinajstić information content (AvgIpc) is 2.84. The zero-order valence-corrected chi connectivity index (χ0v) is 11.7. The minimum atomic E-state index is -1.04. The highest BCUT2D eigenvalue weighted by Crippen LogP contribution is 2.21. The van der Waals surface area contributed by atoms with Gasteiger partial charge in [0.1, 0.15) is 0 Å². The molecule has 5 nitrogen and oxygen atoms in total. The largest absolute Gasteiger partial charge is 0.478 e. The van der Waals surface area contributed by atoms with Gasteiger partial charge < -0.3 is 10.0 Å². The minimum absolute atomic E-state index is 0.114. The molecule has 0 spiro atoms. The van der Waals surface area contributed by atoms with E-state index in [1.807, 2.05) is 0 Å². The van der Waals surface area contributed by atoms with Gasteiger partial charge in [0.15, 0.2) is 0 Å². The molecule has 2 rings (SSSR count). The van der Waals surface area contributed by atoms with Gasteiger partial charge >= 0.3 is 5.97 Å². The first-order valence-electron chi connectivity index (χ1n) is 5.70. The number of thiophene rings is 1. The average molecular weight is 299 g/mol. The van der Waals surface area contributed by atoms with E-state index in [9.17, 15) is 13.8 Å². The zero-order chi connectivity index (χ0) is 13.8. The molecule has 0 aromatic carbocycles. The highest BCUT2D eigenvalue weighted by atomic mass is 32.2. The molecule has 102 valence electrons. The summed E-state index contributed by atoms with van der Waals surface area (Å²) in [6.07, 6.45) is 2.44. The standard InChI is InChI=1S/C12H13NO4S2/c14-10(15)2-1-9-3-6-18-11(9)12(16)13-4-7-19(17)8-5-13/h1-3,6H,4-5,7-8H2,(H,14,15). The Bertz CT molecular complexity index is 540. The van der Waals surface area contributed by atoms with E-state index in [-0.39, 0.29) is 5.91 Å². The number of carboxylic acid groups (broad SMARTS) is 1. The molecule has 1 aliphatic heterocycles. The van der Waals surface area contributed by atoms with Crippen molar-refractivity contribution in [2.75, 3.05) is 24.6 Å². The molecule has 1 aliphatic rings. The van der Waals surface area contributed by atoms with Crippen LogP contribution in [0.3, 0.4) is 0 Å². The molecule has 0 atom stereocenters. The highest BCUT2D eigenvalue weighted by molar-refractivity contribution is 7.85. The lowest BCUT2D eigenvalue weighted by Crippen LogP contribution is -2.41. The zero-order valence-electron chi connectivity index (χ0n) is 10.1. The number of aliphatic carboxylic acids is 1. The molecule has 7 heteroatoms. The van der Waals surface area contributed by atoms with Crippen molar-refractivity contribution in [3.05, 3.63) is 28.0 Å². The van der Waals surface area contributed by atoms with E-state index in [0.29, 0.717) is 35.0 Å². The van der Waals surface area contributed by atoms with Crippen molar-refractivity contribution < 1.29 is 18.9 Å². The monoisotopic (exact) mass is 299 g/mol. The molecular weight excluding hydrogens is 286 g/mol. The number of nitrogens with zero attached hydrogens (tertiary/aromatic N) is 1. The van der Waals surface area contributed by atoms with Crippen LogP contribution in [0.1, 0.15) is 15.2 Å². The third-order valence-electron chi connectivity index (χ3n) is 2.76. The van der Waals surface area contributed by atoms with E-state index in [2.05, 4.69) is 0 Å². The second-order valence-electron chi connectivity index (χ2n) is 4.02. The van der Waals surface area contributed by atoms with Gasteiger partial charge in [-0.25, -0.2) is 4.79 Å². The molecule has 1 saturated heterocycles. The summed E-state index contributed by atoms with van der Waals surface area (Å²) >= 11 is 1.29. The van der Waals surface area contributed by atoms with Crippen LogP contribution < -0.4 is 0 Å². The summed E-state index contributed by atoms with van der Waals surface area (Å²) < 4.78 is 11.3. The predicted molar refractivity (Wildman–Crippen MR) is 74.8 cm³/mol. The first kappa shape index (κ1) is 14.0. The number of carbonyl (C=O) groups excluding carboxylic acids is 1. The molecule has 1 fully saturated rings. The Labute approximate surface area is 117 Å². The van der Waals surface area contributed by atoms with Gasteiger partial charge in [-0.1, -0.05) is 0 Å². The highest BCUT2D eigenvalue weighted by Gasteiger charge is 2.23. The van der Waals surface area contributed by atoms with Crippen LogP contribution in [0.5, 0.6) is 0 Å². The van der Waals surface area contributed by atoms with Crippen LogP contribution in [0.4, 0.5) is 0 Å². The molecule has 2 heterocycles. The van der Waals surface area contributed by atoms with Gasteiger partial charge in [-0.3, -0.25) is 9.00 Å². The van der Waals surface area contributed by atoms with Crippen LogP contribution in [-0.4, -0.2) is 50.7 Å². The van der Waals surface area contributed by atoms with E-state index >= 15 is 0 Å². The number of hydrogen-bond donors (Lipinski definition) is 1. The first-order chi connectivity index (χ1) is 9.08. The van der Waals surface area contributed by atoms with Crippen LogP contribution in [0.15, 0.2) is 17.5 Å². The topological polar surface area (TPSA) is 74.7 Å². The van der Waals surface area contributed by atoms with Crippen LogP contribution in [0.25, 0.3) is 6.08 Å². The molecule has 1 amide bonds.